The molecule has 0 aliphatic carbocycles. The van der Waals surface area contributed by atoms with Gasteiger partial charge in [0.05, 0.1) is 13.0 Å². The second kappa shape index (κ2) is 5.98. The predicted octanol–water partition coefficient (Wildman–Crippen LogP) is 1.89. The molecule has 0 aromatic heterocycles. The molecular weight excluding hydrogens is 222 g/mol. The van der Waals surface area contributed by atoms with Crippen LogP contribution < -0.4 is 4.74 Å². The van der Waals surface area contributed by atoms with E-state index in [0.29, 0.717) is 11.3 Å². The van der Waals surface area contributed by atoms with Crippen molar-refractivity contribution in [3.05, 3.63) is 39.9 Å². The van der Waals surface area contributed by atoms with Gasteiger partial charge in [-0.2, -0.15) is 0 Å². The van der Waals surface area contributed by atoms with Gasteiger partial charge in [0.1, 0.15) is 12.0 Å². The molecule has 0 radical (unpaired) electrons. The van der Waals surface area contributed by atoms with Crippen LogP contribution in [0, 0.1) is 16.0 Å². The summed E-state index contributed by atoms with van der Waals surface area (Å²) in [5, 5.41) is 10.7. The number of para-hydroxylation sites is 1. The van der Waals surface area contributed by atoms with E-state index < -0.39 is 16.8 Å². The fourth-order valence-electron chi connectivity index (χ4n) is 1.78. The normalized spacial score (nSPS) is 13.8. The van der Waals surface area contributed by atoms with E-state index in [0.717, 1.165) is 6.29 Å². The SMILES string of the molecule is COc1ccccc1[C@H](C[N+](=O)[O-])[C@H](C)C=O. The summed E-state index contributed by atoms with van der Waals surface area (Å²) in [6.45, 7) is 1.40. The number of benzene rings is 1. The third-order valence-electron chi connectivity index (χ3n) is 2.73. The van der Waals surface area contributed by atoms with E-state index >= 15 is 0 Å². The molecule has 0 spiro atoms. The molecule has 2 atom stereocenters. The number of ether oxygens (including phenoxy) is 1. The van der Waals surface area contributed by atoms with Gasteiger partial charge in [0.25, 0.3) is 0 Å². The number of nitrogens with zero attached hydrogens (tertiary/aromatic N) is 1. The van der Waals surface area contributed by atoms with Gasteiger partial charge in [0, 0.05) is 16.4 Å². The first-order chi connectivity index (χ1) is 8.10. The van der Waals surface area contributed by atoms with E-state index in [1.54, 1.807) is 31.2 Å². The topological polar surface area (TPSA) is 69.4 Å². The molecule has 0 aliphatic heterocycles. The summed E-state index contributed by atoms with van der Waals surface area (Å²) in [6, 6.07) is 7.06. The number of carbonyl (C=O) groups excluding carboxylic acids is 1. The quantitative estimate of drug-likeness (QED) is 0.430. The van der Waals surface area contributed by atoms with Crippen molar-refractivity contribution in [1.29, 1.82) is 0 Å². The maximum Gasteiger partial charge on any atom is 0.211 e. The second-order valence-electron chi connectivity index (χ2n) is 3.86. The highest BCUT2D eigenvalue weighted by Crippen LogP contribution is 2.31. The molecule has 5 nitrogen and oxygen atoms in total. The largest absolute Gasteiger partial charge is 0.496 e. The number of hydrogen-bond acceptors (Lipinski definition) is 4. The first-order valence-electron chi connectivity index (χ1n) is 5.30. The van der Waals surface area contributed by atoms with Gasteiger partial charge in [-0.1, -0.05) is 25.1 Å². The Balaban J connectivity index is 3.11. The number of nitro groups is 1. The minimum absolute atomic E-state index is 0.278. The highest BCUT2D eigenvalue weighted by Gasteiger charge is 2.26. The minimum Gasteiger partial charge on any atom is -0.496 e. The predicted molar refractivity (Wildman–Crippen MR) is 62.8 cm³/mol. The Labute approximate surface area is 99.5 Å². The monoisotopic (exact) mass is 237 g/mol. The highest BCUT2D eigenvalue weighted by atomic mass is 16.6. The molecule has 0 saturated heterocycles. The lowest BCUT2D eigenvalue weighted by Gasteiger charge is -2.18. The number of rotatable bonds is 6. The van der Waals surface area contributed by atoms with Gasteiger partial charge >= 0.3 is 0 Å². The molecular formula is C12H15NO4. The molecule has 0 heterocycles. The zero-order valence-electron chi connectivity index (χ0n) is 9.83. The van der Waals surface area contributed by atoms with Crippen LogP contribution in [0.3, 0.4) is 0 Å². The van der Waals surface area contributed by atoms with Crippen LogP contribution >= 0.6 is 0 Å². The lowest BCUT2D eigenvalue weighted by molar-refractivity contribution is -0.484. The Morgan fingerprint density at radius 2 is 2.12 bits per heavy atom. The van der Waals surface area contributed by atoms with Crippen LogP contribution in [-0.4, -0.2) is 24.9 Å². The van der Waals surface area contributed by atoms with E-state index in [2.05, 4.69) is 0 Å². The molecule has 5 heteroatoms. The van der Waals surface area contributed by atoms with Gasteiger partial charge < -0.3 is 9.53 Å². The molecule has 1 aromatic rings. The summed E-state index contributed by atoms with van der Waals surface area (Å²) in [5.74, 6) is -0.302. The Morgan fingerprint density at radius 3 is 2.65 bits per heavy atom. The van der Waals surface area contributed by atoms with Crippen molar-refractivity contribution in [3.63, 3.8) is 0 Å². The summed E-state index contributed by atoms with van der Waals surface area (Å²) in [4.78, 5) is 21.1. The standard InChI is InChI=1S/C12H15NO4/c1-9(8-14)11(7-13(15)16)10-5-3-4-6-12(10)17-2/h3-6,8-9,11H,7H2,1-2H3/t9-,11-/m1/s1. The van der Waals surface area contributed by atoms with E-state index in [9.17, 15) is 14.9 Å². The Hall–Kier alpha value is -1.91. The third kappa shape index (κ3) is 3.27. The zero-order valence-corrected chi connectivity index (χ0v) is 9.83. The second-order valence-corrected chi connectivity index (χ2v) is 3.86. The van der Waals surface area contributed by atoms with Gasteiger partial charge in [-0.25, -0.2) is 0 Å². The molecule has 0 amide bonds. The zero-order chi connectivity index (χ0) is 12.8. The lowest BCUT2D eigenvalue weighted by Crippen LogP contribution is -2.21. The number of carbonyl (C=O) groups is 1. The molecule has 0 saturated carbocycles. The smallest absolute Gasteiger partial charge is 0.211 e. The number of aldehydes is 1. The van der Waals surface area contributed by atoms with Gasteiger partial charge in [-0.05, 0) is 6.07 Å². The van der Waals surface area contributed by atoms with Crippen molar-refractivity contribution in [2.45, 2.75) is 12.8 Å². The van der Waals surface area contributed by atoms with Crippen LogP contribution in [-0.2, 0) is 4.79 Å². The van der Waals surface area contributed by atoms with Crippen LogP contribution in [0.15, 0.2) is 24.3 Å². The van der Waals surface area contributed by atoms with Crippen molar-refractivity contribution >= 4 is 6.29 Å². The van der Waals surface area contributed by atoms with Crippen LogP contribution in [0.2, 0.25) is 0 Å². The average molecular weight is 237 g/mol. The summed E-state index contributed by atoms with van der Waals surface area (Å²) >= 11 is 0. The van der Waals surface area contributed by atoms with Gasteiger partial charge in [-0.3, -0.25) is 10.1 Å². The van der Waals surface area contributed by atoms with Crippen molar-refractivity contribution in [1.82, 2.24) is 0 Å². The minimum atomic E-state index is -0.460. The summed E-state index contributed by atoms with van der Waals surface area (Å²) in [7, 11) is 1.51. The Kier molecular flexibility index (Phi) is 4.63. The van der Waals surface area contributed by atoms with Crippen molar-refractivity contribution in [3.8, 4) is 5.75 Å². The first kappa shape index (κ1) is 13.2. The maximum atomic E-state index is 10.8. The molecule has 1 rings (SSSR count). The van der Waals surface area contributed by atoms with Crippen molar-refractivity contribution in [2.75, 3.05) is 13.7 Å². The summed E-state index contributed by atoms with van der Waals surface area (Å²) < 4.78 is 5.16. The van der Waals surface area contributed by atoms with Crippen LogP contribution in [0.1, 0.15) is 18.4 Å². The highest BCUT2D eigenvalue weighted by molar-refractivity contribution is 5.56. The molecule has 0 N–H and O–H groups in total. The summed E-state index contributed by atoms with van der Waals surface area (Å²) in [5.41, 5.74) is 0.700. The van der Waals surface area contributed by atoms with E-state index in [1.807, 2.05) is 0 Å². The number of methoxy groups -OCH3 is 1. The van der Waals surface area contributed by atoms with E-state index in [-0.39, 0.29) is 6.54 Å². The van der Waals surface area contributed by atoms with Gasteiger partial charge in [0.2, 0.25) is 6.54 Å². The van der Waals surface area contributed by atoms with E-state index in [4.69, 9.17) is 4.74 Å². The first-order valence-corrected chi connectivity index (χ1v) is 5.30. The average Bonchev–Trinajstić information content (AvgIpc) is 2.34. The summed E-state index contributed by atoms with van der Waals surface area (Å²) in [6.07, 6.45) is 0.737. The van der Waals surface area contributed by atoms with Crippen LogP contribution in [0.25, 0.3) is 0 Å². The van der Waals surface area contributed by atoms with Gasteiger partial charge in [0.15, 0.2) is 0 Å². The lowest BCUT2D eigenvalue weighted by atomic mass is 9.87. The molecule has 0 unspecified atom stereocenters. The molecule has 17 heavy (non-hydrogen) atoms. The van der Waals surface area contributed by atoms with Crippen molar-refractivity contribution < 1.29 is 14.5 Å². The van der Waals surface area contributed by atoms with Crippen LogP contribution in [0.5, 0.6) is 5.75 Å². The molecule has 0 bridgehead atoms. The van der Waals surface area contributed by atoms with E-state index in [1.165, 1.54) is 7.11 Å². The van der Waals surface area contributed by atoms with Gasteiger partial charge in [-0.15, -0.1) is 0 Å². The van der Waals surface area contributed by atoms with Crippen LogP contribution in [0.4, 0.5) is 0 Å². The fourth-order valence-corrected chi connectivity index (χ4v) is 1.78. The maximum absolute atomic E-state index is 10.8. The fraction of sp³-hybridized carbons (Fsp3) is 0.417. The molecule has 0 fully saturated rings. The molecule has 0 aliphatic rings. The Morgan fingerprint density at radius 1 is 1.47 bits per heavy atom. The molecule has 1 aromatic carbocycles. The molecule has 92 valence electrons. The van der Waals surface area contributed by atoms with Crippen molar-refractivity contribution in [2.24, 2.45) is 5.92 Å². The Bertz CT molecular complexity index is 405. The third-order valence-corrected chi connectivity index (χ3v) is 2.73. The number of hydrogen-bond donors (Lipinski definition) is 0.